The number of hydrogen-bond donors (Lipinski definition) is 0. The molecule has 0 saturated heterocycles. The van der Waals surface area contributed by atoms with Gasteiger partial charge in [-0.25, -0.2) is 4.98 Å². The van der Waals surface area contributed by atoms with Crippen molar-refractivity contribution in [2.45, 2.75) is 0 Å². The molecule has 0 saturated carbocycles. The van der Waals surface area contributed by atoms with E-state index in [2.05, 4.69) is 4.98 Å². The van der Waals surface area contributed by atoms with Crippen molar-refractivity contribution in [2.75, 3.05) is 0 Å². The minimum absolute atomic E-state index is 0.726. The number of aromatic nitrogens is 1. The molecule has 12 heavy (non-hydrogen) atoms. The summed E-state index contributed by atoms with van der Waals surface area (Å²) >= 11 is 0. The summed E-state index contributed by atoms with van der Waals surface area (Å²) in [5.74, 6) is 0. The third-order valence-electron chi connectivity index (χ3n) is 1.87. The normalized spacial score (nSPS) is 10.0. The number of rotatable bonds is 1. The van der Waals surface area contributed by atoms with Gasteiger partial charge in [-0.15, -0.1) is 0 Å². The second-order valence-electron chi connectivity index (χ2n) is 2.60. The number of nitrogens with one attached hydrogen (secondary N) is 1. The molecule has 0 fully saturated rings. The smallest absolute Gasteiger partial charge is 0.211 e. The number of carbonyl (C=O) groups is 1. The fraction of sp³-hybridized carbons (Fsp3) is 0. The first-order valence-corrected chi connectivity index (χ1v) is 3.76. The number of pyridine rings is 1. The summed E-state index contributed by atoms with van der Waals surface area (Å²) in [7, 11) is 0. The van der Waals surface area contributed by atoms with Crippen LogP contribution >= 0.6 is 0 Å². The minimum atomic E-state index is 0.726. The van der Waals surface area contributed by atoms with E-state index in [1.807, 2.05) is 24.3 Å². The molecule has 0 aliphatic heterocycles. The molecule has 0 aliphatic carbocycles. The second kappa shape index (κ2) is 2.74. The highest BCUT2D eigenvalue weighted by Gasteiger charge is 2.02. The Kier molecular flexibility index (Phi) is 1.59. The summed E-state index contributed by atoms with van der Waals surface area (Å²) in [5, 5.41) is 0.968. The first-order chi connectivity index (χ1) is 5.92. The number of aldehydes is 1. The van der Waals surface area contributed by atoms with E-state index in [-0.39, 0.29) is 0 Å². The van der Waals surface area contributed by atoms with E-state index in [4.69, 9.17) is 0 Å². The Bertz CT molecular complexity index is 418. The molecule has 1 aromatic carbocycles. The Morgan fingerprint density at radius 3 is 2.83 bits per heavy atom. The van der Waals surface area contributed by atoms with E-state index in [1.54, 1.807) is 12.3 Å². The molecule has 0 unspecified atom stereocenters. The fourth-order valence-corrected chi connectivity index (χ4v) is 1.27. The third-order valence-corrected chi connectivity index (χ3v) is 1.87. The van der Waals surface area contributed by atoms with Gasteiger partial charge in [0, 0.05) is 17.7 Å². The van der Waals surface area contributed by atoms with Crippen LogP contribution in [0.5, 0.6) is 0 Å². The van der Waals surface area contributed by atoms with Crippen LogP contribution in [0.3, 0.4) is 0 Å². The highest BCUT2D eigenvalue weighted by molar-refractivity contribution is 5.94. The quantitative estimate of drug-likeness (QED) is 0.578. The summed E-state index contributed by atoms with van der Waals surface area (Å²) in [6, 6.07) is 9.50. The molecule has 0 atom stereocenters. The monoisotopic (exact) mass is 158 g/mol. The predicted molar refractivity (Wildman–Crippen MR) is 45.9 cm³/mol. The van der Waals surface area contributed by atoms with E-state index < -0.39 is 0 Å². The van der Waals surface area contributed by atoms with E-state index in [9.17, 15) is 4.79 Å². The first-order valence-electron chi connectivity index (χ1n) is 3.76. The van der Waals surface area contributed by atoms with Crippen LogP contribution in [-0.2, 0) is 0 Å². The highest BCUT2D eigenvalue weighted by atomic mass is 16.1. The zero-order valence-corrected chi connectivity index (χ0v) is 6.45. The molecule has 0 spiro atoms. The Hall–Kier alpha value is -1.70. The molecule has 0 bridgehead atoms. The summed E-state index contributed by atoms with van der Waals surface area (Å²) < 4.78 is 0. The van der Waals surface area contributed by atoms with E-state index in [0.717, 1.165) is 22.8 Å². The molecular formula is C10H8NO+. The number of benzene rings is 1. The van der Waals surface area contributed by atoms with Gasteiger partial charge in [0.2, 0.25) is 5.52 Å². The predicted octanol–water partition coefficient (Wildman–Crippen LogP) is 1.47. The number of hydrogen-bond acceptors (Lipinski definition) is 1. The van der Waals surface area contributed by atoms with Gasteiger partial charge in [-0.3, -0.25) is 4.79 Å². The van der Waals surface area contributed by atoms with Gasteiger partial charge in [0.15, 0.2) is 12.5 Å². The molecule has 2 rings (SSSR count). The lowest BCUT2D eigenvalue weighted by Gasteiger charge is -1.92. The molecule has 0 aliphatic rings. The van der Waals surface area contributed by atoms with Gasteiger partial charge in [0.05, 0.1) is 5.39 Å². The maximum Gasteiger partial charge on any atom is 0.211 e. The topological polar surface area (TPSA) is 31.2 Å². The van der Waals surface area contributed by atoms with Gasteiger partial charge in [-0.1, -0.05) is 12.1 Å². The van der Waals surface area contributed by atoms with Gasteiger partial charge in [0.1, 0.15) is 0 Å². The maximum absolute atomic E-state index is 10.6. The number of fused-ring (bicyclic) bond motifs is 1. The maximum atomic E-state index is 10.6. The van der Waals surface area contributed by atoms with Gasteiger partial charge < -0.3 is 0 Å². The van der Waals surface area contributed by atoms with Gasteiger partial charge in [-0.2, -0.15) is 0 Å². The zero-order valence-electron chi connectivity index (χ0n) is 6.45. The average molecular weight is 158 g/mol. The number of H-pyrrole nitrogens is 1. The second-order valence-corrected chi connectivity index (χ2v) is 2.60. The Morgan fingerprint density at radius 2 is 2.00 bits per heavy atom. The van der Waals surface area contributed by atoms with Crippen LogP contribution in [0, 0.1) is 0 Å². The van der Waals surface area contributed by atoms with Crippen LogP contribution in [0.4, 0.5) is 0 Å². The van der Waals surface area contributed by atoms with Crippen molar-refractivity contribution < 1.29 is 9.78 Å². The zero-order chi connectivity index (χ0) is 8.39. The van der Waals surface area contributed by atoms with E-state index in [1.165, 1.54) is 0 Å². The summed E-state index contributed by atoms with van der Waals surface area (Å²) in [6.45, 7) is 0. The van der Waals surface area contributed by atoms with Crippen molar-refractivity contribution in [3.63, 3.8) is 0 Å². The van der Waals surface area contributed by atoms with Crippen LogP contribution in [0.25, 0.3) is 10.9 Å². The lowest BCUT2D eigenvalue weighted by molar-refractivity contribution is -0.344. The molecule has 2 nitrogen and oxygen atoms in total. The number of para-hydroxylation sites is 1. The van der Waals surface area contributed by atoms with E-state index >= 15 is 0 Å². The van der Waals surface area contributed by atoms with Crippen molar-refractivity contribution in [1.82, 2.24) is 0 Å². The SMILES string of the molecule is O=Cc1cc[nH+]c2ccccc12. The van der Waals surface area contributed by atoms with Crippen molar-refractivity contribution in [1.29, 1.82) is 0 Å². The van der Waals surface area contributed by atoms with Gasteiger partial charge >= 0.3 is 0 Å². The summed E-state index contributed by atoms with van der Waals surface area (Å²) in [4.78, 5) is 13.7. The van der Waals surface area contributed by atoms with Crippen LogP contribution in [0.15, 0.2) is 36.5 Å². The van der Waals surface area contributed by atoms with Crippen molar-refractivity contribution in [3.05, 3.63) is 42.1 Å². The molecule has 58 valence electrons. The van der Waals surface area contributed by atoms with Crippen molar-refractivity contribution in [2.24, 2.45) is 0 Å². The Labute approximate surface area is 69.9 Å². The molecule has 1 N–H and O–H groups in total. The largest absolute Gasteiger partial charge is 0.298 e. The Morgan fingerprint density at radius 1 is 1.17 bits per heavy atom. The standard InChI is InChI=1S/C10H7NO/c12-7-8-5-6-11-10-4-2-1-3-9(8)10/h1-7H/p+1. The van der Waals surface area contributed by atoms with Gasteiger partial charge in [-0.05, 0) is 6.07 Å². The van der Waals surface area contributed by atoms with Crippen LogP contribution < -0.4 is 4.98 Å². The molecular weight excluding hydrogens is 150 g/mol. The minimum Gasteiger partial charge on any atom is -0.298 e. The lowest BCUT2D eigenvalue weighted by Crippen LogP contribution is -2.03. The van der Waals surface area contributed by atoms with Crippen LogP contribution in [0.1, 0.15) is 10.4 Å². The molecule has 1 aromatic heterocycles. The van der Waals surface area contributed by atoms with Crippen molar-refractivity contribution in [3.8, 4) is 0 Å². The van der Waals surface area contributed by atoms with Gasteiger partial charge in [0.25, 0.3) is 0 Å². The van der Waals surface area contributed by atoms with E-state index in [0.29, 0.717) is 0 Å². The molecule has 2 heteroatoms. The molecule has 0 radical (unpaired) electrons. The lowest BCUT2D eigenvalue weighted by atomic mass is 10.1. The summed E-state index contributed by atoms with van der Waals surface area (Å²) in [5.41, 5.74) is 1.71. The molecule has 1 heterocycles. The van der Waals surface area contributed by atoms with Crippen LogP contribution in [0.2, 0.25) is 0 Å². The average Bonchev–Trinajstić information content (AvgIpc) is 2.17. The summed E-state index contributed by atoms with van der Waals surface area (Å²) in [6.07, 6.45) is 2.64. The van der Waals surface area contributed by atoms with Crippen LogP contribution in [-0.4, -0.2) is 6.29 Å². The number of aromatic amines is 1. The molecule has 0 amide bonds. The fourth-order valence-electron chi connectivity index (χ4n) is 1.27. The highest BCUT2D eigenvalue weighted by Crippen LogP contribution is 2.11. The molecule has 2 aromatic rings. The third kappa shape index (κ3) is 0.975. The number of carbonyl (C=O) groups excluding carboxylic acids is 1. The first kappa shape index (κ1) is 6.98. The van der Waals surface area contributed by atoms with Crippen molar-refractivity contribution >= 4 is 17.2 Å². The Balaban J connectivity index is 2.88.